The van der Waals surface area contributed by atoms with Gasteiger partial charge in [-0.25, -0.2) is 4.79 Å². The van der Waals surface area contributed by atoms with Gasteiger partial charge in [-0.05, 0) is 24.7 Å². The smallest absolute Gasteiger partial charge is 0.194 e. The number of rotatable bonds is 6. The minimum Gasteiger partial charge on any atom is -0.495 e. The molecule has 0 spiro atoms. The average Bonchev–Trinajstić information content (AvgIpc) is 2.52. The second kappa shape index (κ2) is 7.69. The lowest BCUT2D eigenvalue weighted by atomic mass is 10.1. The largest absolute Gasteiger partial charge is 0.495 e. The quantitative estimate of drug-likeness (QED) is 0.362. The molecule has 0 atom stereocenters. The highest BCUT2D eigenvalue weighted by atomic mass is 16.6. The van der Waals surface area contributed by atoms with Gasteiger partial charge in [0.2, 0.25) is 0 Å². The van der Waals surface area contributed by atoms with E-state index >= 15 is 0 Å². The molecule has 0 bridgehead atoms. The predicted octanol–water partition coefficient (Wildman–Crippen LogP) is 0.813. The molecule has 1 aromatic rings. The van der Waals surface area contributed by atoms with Crippen LogP contribution in [-0.2, 0) is 16.2 Å². The Labute approximate surface area is 124 Å². The normalized spacial score (nSPS) is 15.4. The monoisotopic (exact) mass is 291 g/mol. The molecule has 1 heterocycles. The Morgan fingerprint density at radius 3 is 2.76 bits per heavy atom. The van der Waals surface area contributed by atoms with Gasteiger partial charge < -0.3 is 19.4 Å². The van der Waals surface area contributed by atoms with Crippen molar-refractivity contribution in [2.24, 2.45) is 0 Å². The Morgan fingerprint density at radius 2 is 2.10 bits per heavy atom. The maximum atomic E-state index is 10.0. The molecule has 6 nitrogen and oxygen atoms in total. The lowest BCUT2D eigenvalue weighted by molar-refractivity contribution is 0.132. The van der Waals surface area contributed by atoms with Crippen LogP contribution in [0.4, 0.5) is 5.69 Å². The van der Waals surface area contributed by atoms with E-state index in [1.54, 1.807) is 13.1 Å². The first-order valence-corrected chi connectivity index (χ1v) is 6.93. The first-order chi connectivity index (χ1) is 10.2. The summed E-state index contributed by atoms with van der Waals surface area (Å²) in [6.07, 6.45) is 0.949. The lowest BCUT2D eigenvalue weighted by Crippen LogP contribution is -2.44. The first-order valence-electron chi connectivity index (χ1n) is 6.93. The molecule has 1 aliphatic rings. The van der Waals surface area contributed by atoms with Crippen LogP contribution in [0.15, 0.2) is 24.5 Å². The standard InChI is InChI=1S/C15H21N3O3/c1-17-5-7-18(8-6-17)14-11-13(3-4-15(14)20-2)12-16-21-10-9-19/h3-4,10-11,16H,5-8,12H2,1-2H3. The number of methoxy groups -OCH3 is 1. The molecule has 114 valence electrons. The molecule has 2 rings (SSSR count). The van der Waals surface area contributed by atoms with Crippen LogP contribution in [0.1, 0.15) is 5.56 Å². The third-order valence-electron chi connectivity index (χ3n) is 3.55. The van der Waals surface area contributed by atoms with Crippen molar-refractivity contribution in [2.75, 3.05) is 45.2 Å². The van der Waals surface area contributed by atoms with E-state index in [0.29, 0.717) is 6.54 Å². The van der Waals surface area contributed by atoms with Gasteiger partial charge in [-0.15, -0.1) is 0 Å². The highest BCUT2D eigenvalue weighted by Gasteiger charge is 2.17. The number of nitrogens with zero attached hydrogens (tertiary/aromatic N) is 2. The fourth-order valence-corrected chi connectivity index (χ4v) is 2.33. The second-order valence-electron chi connectivity index (χ2n) is 4.97. The maximum absolute atomic E-state index is 10.0. The van der Waals surface area contributed by atoms with Crippen molar-refractivity contribution in [2.45, 2.75) is 6.54 Å². The Hall–Kier alpha value is -2.01. The van der Waals surface area contributed by atoms with Gasteiger partial charge in [-0.1, -0.05) is 6.07 Å². The minimum atomic E-state index is 0.503. The summed E-state index contributed by atoms with van der Waals surface area (Å²) in [5.74, 6) is 2.42. The van der Waals surface area contributed by atoms with Crippen molar-refractivity contribution in [3.8, 4) is 5.75 Å². The first kappa shape index (κ1) is 15.4. The third-order valence-corrected chi connectivity index (χ3v) is 3.55. The number of hydroxylamine groups is 1. The number of anilines is 1. The minimum absolute atomic E-state index is 0.503. The number of nitrogens with one attached hydrogen (secondary N) is 1. The molecule has 1 saturated heterocycles. The van der Waals surface area contributed by atoms with Gasteiger partial charge in [0.05, 0.1) is 19.3 Å². The summed E-state index contributed by atoms with van der Waals surface area (Å²) in [5.41, 5.74) is 4.84. The topological polar surface area (TPSA) is 54.0 Å². The molecule has 0 unspecified atom stereocenters. The van der Waals surface area contributed by atoms with Crippen LogP contribution >= 0.6 is 0 Å². The third kappa shape index (κ3) is 4.23. The zero-order chi connectivity index (χ0) is 15.1. The molecule has 6 heteroatoms. The van der Waals surface area contributed by atoms with Gasteiger partial charge in [0.25, 0.3) is 0 Å². The van der Waals surface area contributed by atoms with Gasteiger partial charge in [0.15, 0.2) is 12.2 Å². The SMILES string of the molecule is COc1ccc(CNOC=C=O)cc1N1CCN(C)CC1. The zero-order valence-electron chi connectivity index (χ0n) is 12.5. The van der Waals surface area contributed by atoms with Gasteiger partial charge >= 0.3 is 0 Å². The number of benzene rings is 1. The van der Waals surface area contributed by atoms with E-state index in [0.717, 1.165) is 49.4 Å². The lowest BCUT2D eigenvalue weighted by Gasteiger charge is -2.35. The molecule has 1 aliphatic heterocycles. The van der Waals surface area contributed by atoms with Crippen LogP contribution in [0.25, 0.3) is 0 Å². The molecule has 1 N–H and O–H groups in total. The number of likely N-dealkylation sites (N-methyl/N-ethyl adjacent to an activating group) is 1. The van der Waals surface area contributed by atoms with E-state index in [2.05, 4.69) is 28.4 Å². The predicted molar refractivity (Wildman–Crippen MR) is 80.9 cm³/mol. The number of carbonyl (C=O) groups excluding carboxylic acids is 1. The summed E-state index contributed by atoms with van der Waals surface area (Å²) in [4.78, 5) is 19.4. The summed E-state index contributed by atoms with van der Waals surface area (Å²) >= 11 is 0. The van der Waals surface area contributed by atoms with Gasteiger partial charge in [-0.2, -0.15) is 5.48 Å². The second-order valence-corrected chi connectivity index (χ2v) is 4.97. The highest BCUT2D eigenvalue weighted by molar-refractivity contribution is 5.60. The van der Waals surface area contributed by atoms with Gasteiger partial charge in [-0.3, -0.25) is 0 Å². The van der Waals surface area contributed by atoms with Crippen LogP contribution < -0.4 is 15.1 Å². The summed E-state index contributed by atoms with van der Waals surface area (Å²) in [7, 11) is 3.82. The fraction of sp³-hybridized carbons (Fsp3) is 0.467. The van der Waals surface area contributed by atoms with Crippen molar-refractivity contribution in [1.82, 2.24) is 10.4 Å². The van der Waals surface area contributed by atoms with Crippen molar-refractivity contribution >= 4 is 11.6 Å². The van der Waals surface area contributed by atoms with Crippen molar-refractivity contribution in [3.05, 3.63) is 30.0 Å². The average molecular weight is 291 g/mol. The van der Waals surface area contributed by atoms with Crippen molar-refractivity contribution < 1.29 is 14.4 Å². The van der Waals surface area contributed by atoms with E-state index in [1.165, 1.54) is 0 Å². The molecule has 0 radical (unpaired) electrons. The van der Waals surface area contributed by atoms with E-state index in [4.69, 9.17) is 9.57 Å². The summed E-state index contributed by atoms with van der Waals surface area (Å²) in [6, 6.07) is 6.02. The molecule has 0 saturated carbocycles. The van der Waals surface area contributed by atoms with Crippen LogP contribution in [-0.4, -0.2) is 51.2 Å². The molecular weight excluding hydrogens is 270 g/mol. The zero-order valence-corrected chi connectivity index (χ0v) is 12.5. The Bertz CT molecular complexity index is 507. The van der Waals surface area contributed by atoms with E-state index < -0.39 is 0 Å². The number of ether oxygens (including phenoxy) is 1. The molecule has 21 heavy (non-hydrogen) atoms. The molecular formula is C15H21N3O3. The van der Waals surface area contributed by atoms with Gasteiger partial charge in [0.1, 0.15) is 5.75 Å². The number of hydrogen-bond acceptors (Lipinski definition) is 6. The van der Waals surface area contributed by atoms with E-state index in [-0.39, 0.29) is 0 Å². The summed E-state index contributed by atoms with van der Waals surface area (Å²) < 4.78 is 5.46. The summed E-state index contributed by atoms with van der Waals surface area (Å²) in [5, 5.41) is 0. The molecule has 0 aromatic heterocycles. The molecule has 0 amide bonds. The Kier molecular flexibility index (Phi) is 5.63. The van der Waals surface area contributed by atoms with Crippen LogP contribution in [0, 0.1) is 0 Å². The summed E-state index contributed by atoms with van der Waals surface area (Å²) in [6.45, 7) is 4.54. The number of piperazine rings is 1. The van der Waals surface area contributed by atoms with Crippen LogP contribution in [0.3, 0.4) is 0 Å². The molecule has 0 aliphatic carbocycles. The highest BCUT2D eigenvalue weighted by Crippen LogP contribution is 2.30. The van der Waals surface area contributed by atoms with Crippen molar-refractivity contribution in [3.63, 3.8) is 0 Å². The van der Waals surface area contributed by atoms with Gasteiger partial charge in [0, 0.05) is 26.2 Å². The fourth-order valence-electron chi connectivity index (χ4n) is 2.33. The Balaban J connectivity index is 2.08. The molecule has 1 fully saturated rings. The van der Waals surface area contributed by atoms with E-state index in [9.17, 15) is 4.79 Å². The van der Waals surface area contributed by atoms with E-state index in [1.807, 2.05) is 12.1 Å². The number of hydrogen-bond donors (Lipinski definition) is 1. The molecule has 1 aromatic carbocycles. The maximum Gasteiger partial charge on any atom is 0.194 e. The Morgan fingerprint density at radius 1 is 1.33 bits per heavy atom. The van der Waals surface area contributed by atoms with Crippen LogP contribution in [0.5, 0.6) is 5.75 Å². The van der Waals surface area contributed by atoms with Crippen molar-refractivity contribution in [1.29, 1.82) is 0 Å². The van der Waals surface area contributed by atoms with Crippen LogP contribution in [0.2, 0.25) is 0 Å².